The number of nitrogens with one attached hydrogen (secondary N) is 1. The van der Waals surface area contributed by atoms with E-state index in [1.165, 1.54) is 0 Å². The highest BCUT2D eigenvalue weighted by Crippen LogP contribution is 2.18. The van der Waals surface area contributed by atoms with Crippen LogP contribution in [0.25, 0.3) is 0 Å². The molecule has 1 saturated heterocycles. The van der Waals surface area contributed by atoms with Crippen LogP contribution in [-0.2, 0) is 9.53 Å². The summed E-state index contributed by atoms with van der Waals surface area (Å²) in [4.78, 5) is 25.7. The Morgan fingerprint density at radius 3 is 2.83 bits per heavy atom. The van der Waals surface area contributed by atoms with Gasteiger partial charge in [0.05, 0.1) is 19.1 Å². The number of benzene rings is 1. The summed E-state index contributed by atoms with van der Waals surface area (Å²) in [6, 6.07) is 9.48. The maximum atomic E-state index is 12.2. The number of esters is 1. The summed E-state index contributed by atoms with van der Waals surface area (Å²) in [5.41, 5.74) is 0. The average molecular weight is 334 g/mol. The van der Waals surface area contributed by atoms with Crippen molar-refractivity contribution in [3.8, 4) is 5.75 Å². The van der Waals surface area contributed by atoms with E-state index < -0.39 is 0 Å². The van der Waals surface area contributed by atoms with Gasteiger partial charge in [-0.3, -0.25) is 4.79 Å². The maximum absolute atomic E-state index is 12.2. The highest BCUT2D eigenvalue weighted by Gasteiger charge is 2.29. The quantitative estimate of drug-likeness (QED) is 0.614. The van der Waals surface area contributed by atoms with Crippen molar-refractivity contribution in [2.24, 2.45) is 5.92 Å². The fourth-order valence-electron chi connectivity index (χ4n) is 2.70. The lowest BCUT2D eigenvalue weighted by Gasteiger charge is -2.31. The van der Waals surface area contributed by atoms with Gasteiger partial charge in [0.2, 0.25) is 0 Å². The van der Waals surface area contributed by atoms with Crippen molar-refractivity contribution in [3.05, 3.63) is 30.3 Å². The fourth-order valence-corrected chi connectivity index (χ4v) is 2.70. The molecule has 1 aromatic carbocycles. The van der Waals surface area contributed by atoms with Gasteiger partial charge < -0.3 is 19.7 Å². The van der Waals surface area contributed by atoms with Crippen molar-refractivity contribution in [2.45, 2.75) is 26.2 Å². The lowest BCUT2D eigenvalue weighted by Crippen LogP contribution is -2.47. The van der Waals surface area contributed by atoms with E-state index in [9.17, 15) is 9.59 Å². The lowest BCUT2D eigenvalue weighted by molar-refractivity contribution is -0.149. The number of hydrogen-bond donors (Lipinski definition) is 1. The van der Waals surface area contributed by atoms with E-state index in [4.69, 9.17) is 9.47 Å². The van der Waals surface area contributed by atoms with Gasteiger partial charge in [0.15, 0.2) is 0 Å². The summed E-state index contributed by atoms with van der Waals surface area (Å²) < 4.78 is 10.6. The van der Waals surface area contributed by atoms with Crippen LogP contribution in [0.5, 0.6) is 5.75 Å². The van der Waals surface area contributed by atoms with Crippen molar-refractivity contribution in [2.75, 3.05) is 32.8 Å². The SMILES string of the molecule is CCOC(=O)C1CCCN(C(=O)NCCCOc2ccccc2)C1. The lowest BCUT2D eigenvalue weighted by atomic mass is 9.98. The minimum absolute atomic E-state index is 0.122. The Morgan fingerprint density at radius 2 is 2.08 bits per heavy atom. The zero-order valence-corrected chi connectivity index (χ0v) is 14.2. The number of likely N-dealkylation sites (tertiary alicyclic amines) is 1. The number of amides is 2. The molecule has 1 unspecified atom stereocenters. The molecular formula is C18H26N2O4. The molecule has 1 fully saturated rings. The van der Waals surface area contributed by atoms with E-state index in [0.29, 0.717) is 32.8 Å². The second-order valence-corrected chi connectivity index (χ2v) is 5.78. The van der Waals surface area contributed by atoms with Gasteiger partial charge in [-0.05, 0) is 38.3 Å². The molecule has 0 aromatic heterocycles. The molecule has 2 rings (SSSR count). The molecule has 1 aliphatic rings. The fraction of sp³-hybridized carbons (Fsp3) is 0.556. The molecular weight excluding hydrogens is 308 g/mol. The first-order chi connectivity index (χ1) is 11.7. The highest BCUT2D eigenvalue weighted by molar-refractivity contribution is 5.77. The Labute approximate surface area is 143 Å². The largest absolute Gasteiger partial charge is 0.494 e. The zero-order valence-electron chi connectivity index (χ0n) is 14.2. The molecule has 1 aliphatic heterocycles. The normalized spacial score (nSPS) is 17.2. The minimum atomic E-state index is -0.203. The second-order valence-electron chi connectivity index (χ2n) is 5.78. The maximum Gasteiger partial charge on any atom is 0.317 e. The van der Waals surface area contributed by atoms with Crippen molar-refractivity contribution >= 4 is 12.0 Å². The summed E-state index contributed by atoms with van der Waals surface area (Å²) in [5.74, 6) is 0.425. The van der Waals surface area contributed by atoms with Gasteiger partial charge in [-0.15, -0.1) is 0 Å². The summed E-state index contributed by atoms with van der Waals surface area (Å²) in [7, 11) is 0. The van der Waals surface area contributed by atoms with Crippen LogP contribution >= 0.6 is 0 Å². The van der Waals surface area contributed by atoms with Gasteiger partial charge in [0, 0.05) is 19.6 Å². The van der Waals surface area contributed by atoms with Crippen molar-refractivity contribution in [3.63, 3.8) is 0 Å². The number of carbonyl (C=O) groups excluding carboxylic acids is 2. The molecule has 1 atom stereocenters. The first kappa shape index (κ1) is 18.1. The van der Waals surface area contributed by atoms with Crippen LogP contribution in [-0.4, -0.2) is 49.7 Å². The molecule has 1 heterocycles. The van der Waals surface area contributed by atoms with Crippen LogP contribution < -0.4 is 10.1 Å². The molecule has 6 nitrogen and oxygen atoms in total. The standard InChI is InChI=1S/C18H26N2O4/c1-2-23-17(21)15-8-6-12-20(14-15)18(22)19-11-7-13-24-16-9-4-3-5-10-16/h3-5,9-10,15H,2,6-8,11-14H2,1H3,(H,19,22). The Morgan fingerprint density at radius 1 is 1.29 bits per heavy atom. The Balaban J connectivity index is 1.64. The van der Waals surface area contributed by atoms with Crippen molar-refractivity contribution in [1.82, 2.24) is 10.2 Å². The predicted octanol–water partition coefficient (Wildman–Crippen LogP) is 2.44. The van der Waals surface area contributed by atoms with E-state index in [-0.39, 0.29) is 17.9 Å². The molecule has 0 aliphatic carbocycles. The van der Waals surface area contributed by atoms with E-state index in [2.05, 4.69) is 5.32 Å². The molecule has 2 amide bonds. The smallest absolute Gasteiger partial charge is 0.317 e. The van der Waals surface area contributed by atoms with Crippen LogP contribution in [0.2, 0.25) is 0 Å². The molecule has 1 N–H and O–H groups in total. The van der Waals surface area contributed by atoms with Crippen LogP contribution in [0, 0.1) is 5.92 Å². The van der Waals surface area contributed by atoms with Crippen LogP contribution in [0.1, 0.15) is 26.2 Å². The van der Waals surface area contributed by atoms with Gasteiger partial charge in [0.25, 0.3) is 0 Å². The molecule has 0 spiro atoms. The number of nitrogens with zero attached hydrogens (tertiary/aromatic N) is 1. The van der Waals surface area contributed by atoms with Gasteiger partial charge in [-0.1, -0.05) is 18.2 Å². The number of para-hydroxylation sites is 1. The van der Waals surface area contributed by atoms with Gasteiger partial charge in [-0.2, -0.15) is 0 Å². The molecule has 6 heteroatoms. The number of carbonyl (C=O) groups is 2. The van der Waals surface area contributed by atoms with Gasteiger partial charge >= 0.3 is 12.0 Å². The van der Waals surface area contributed by atoms with E-state index in [1.807, 2.05) is 30.3 Å². The third-order valence-electron chi connectivity index (χ3n) is 3.94. The molecule has 0 radical (unpaired) electrons. The highest BCUT2D eigenvalue weighted by atomic mass is 16.5. The van der Waals surface area contributed by atoms with Gasteiger partial charge in [0.1, 0.15) is 5.75 Å². The second kappa shape index (κ2) is 9.80. The Kier molecular flexibility index (Phi) is 7.39. The third-order valence-corrected chi connectivity index (χ3v) is 3.94. The van der Waals surface area contributed by atoms with E-state index in [1.54, 1.807) is 11.8 Å². The Hall–Kier alpha value is -2.24. The van der Waals surface area contributed by atoms with Crippen molar-refractivity contribution in [1.29, 1.82) is 0 Å². The summed E-state index contributed by atoms with van der Waals surface area (Å²) >= 11 is 0. The van der Waals surface area contributed by atoms with E-state index in [0.717, 1.165) is 25.0 Å². The van der Waals surface area contributed by atoms with Gasteiger partial charge in [-0.25, -0.2) is 4.79 Å². The number of hydrogen-bond acceptors (Lipinski definition) is 4. The number of ether oxygens (including phenoxy) is 2. The minimum Gasteiger partial charge on any atom is -0.494 e. The number of rotatable bonds is 7. The molecule has 1 aromatic rings. The summed E-state index contributed by atoms with van der Waals surface area (Å²) in [6.45, 7) is 4.39. The first-order valence-corrected chi connectivity index (χ1v) is 8.58. The third kappa shape index (κ3) is 5.76. The van der Waals surface area contributed by atoms with Crippen molar-refractivity contribution < 1.29 is 19.1 Å². The molecule has 132 valence electrons. The van der Waals surface area contributed by atoms with Crippen LogP contribution in [0.3, 0.4) is 0 Å². The molecule has 0 saturated carbocycles. The molecule has 0 bridgehead atoms. The topological polar surface area (TPSA) is 67.9 Å². The number of piperidine rings is 1. The van der Waals surface area contributed by atoms with E-state index >= 15 is 0 Å². The Bertz CT molecular complexity index is 521. The summed E-state index contributed by atoms with van der Waals surface area (Å²) in [5, 5.41) is 2.88. The van der Waals surface area contributed by atoms with Crippen LogP contribution in [0.15, 0.2) is 30.3 Å². The molecule has 24 heavy (non-hydrogen) atoms. The van der Waals surface area contributed by atoms with Crippen LogP contribution in [0.4, 0.5) is 4.79 Å². The predicted molar refractivity (Wildman–Crippen MR) is 90.9 cm³/mol. The first-order valence-electron chi connectivity index (χ1n) is 8.58. The monoisotopic (exact) mass is 334 g/mol. The zero-order chi connectivity index (χ0) is 17.2. The summed E-state index contributed by atoms with van der Waals surface area (Å²) in [6.07, 6.45) is 2.34. The average Bonchev–Trinajstić information content (AvgIpc) is 2.62. The number of urea groups is 1.